The lowest BCUT2D eigenvalue weighted by atomic mass is 10.2. The van der Waals surface area contributed by atoms with Crippen LogP contribution in [0, 0.1) is 0 Å². The zero-order chi connectivity index (χ0) is 9.19. The molecule has 0 fully saturated rings. The standard InChI is InChI=1S/C7H12N2O2S/c1-7(2,3)11-6(10)9-5-4-8-12-9/h4H,5H2,1-3H3. The second-order valence-corrected chi connectivity index (χ2v) is 4.23. The van der Waals surface area contributed by atoms with Crippen LogP contribution in [0.25, 0.3) is 0 Å². The molecule has 1 amide bonds. The third-order valence-corrected chi connectivity index (χ3v) is 1.80. The summed E-state index contributed by atoms with van der Waals surface area (Å²) in [4.78, 5) is 11.3. The Bertz CT molecular complexity index is 202. The molecule has 12 heavy (non-hydrogen) atoms. The molecular weight excluding hydrogens is 176 g/mol. The summed E-state index contributed by atoms with van der Waals surface area (Å²) in [5.41, 5.74) is -0.430. The van der Waals surface area contributed by atoms with Crippen LogP contribution < -0.4 is 0 Å². The van der Waals surface area contributed by atoms with E-state index in [9.17, 15) is 4.79 Å². The van der Waals surface area contributed by atoms with Gasteiger partial charge in [0.05, 0.1) is 18.7 Å². The molecule has 0 aromatic rings. The number of hydrogen-bond donors (Lipinski definition) is 0. The van der Waals surface area contributed by atoms with Gasteiger partial charge in [-0.25, -0.2) is 13.5 Å². The first kappa shape index (κ1) is 9.38. The molecule has 0 unspecified atom stereocenters. The molecule has 4 nitrogen and oxygen atoms in total. The van der Waals surface area contributed by atoms with Crippen LogP contribution in [0.1, 0.15) is 20.8 Å². The summed E-state index contributed by atoms with van der Waals surface area (Å²) in [5, 5.41) is 0. The van der Waals surface area contributed by atoms with E-state index in [4.69, 9.17) is 4.74 Å². The highest BCUT2D eigenvalue weighted by atomic mass is 32.2. The summed E-state index contributed by atoms with van der Waals surface area (Å²) in [6.45, 7) is 6.05. The topological polar surface area (TPSA) is 41.9 Å². The van der Waals surface area contributed by atoms with Crippen molar-refractivity contribution in [2.45, 2.75) is 26.4 Å². The molecule has 1 aliphatic rings. The lowest BCUT2D eigenvalue weighted by Gasteiger charge is -2.22. The van der Waals surface area contributed by atoms with Gasteiger partial charge in [0, 0.05) is 6.21 Å². The molecule has 0 aromatic heterocycles. The highest BCUT2D eigenvalue weighted by molar-refractivity contribution is 7.96. The van der Waals surface area contributed by atoms with Crippen molar-refractivity contribution in [3.05, 3.63) is 0 Å². The maximum atomic E-state index is 11.3. The second kappa shape index (κ2) is 3.35. The minimum atomic E-state index is -0.430. The fourth-order valence-corrected chi connectivity index (χ4v) is 1.14. The average Bonchev–Trinajstić information content (AvgIpc) is 2.32. The molecule has 68 valence electrons. The number of rotatable bonds is 0. The predicted octanol–water partition coefficient (Wildman–Crippen LogP) is 1.87. The van der Waals surface area contributed by atoms with E-state index >= 15 is 0 Å². The Morgan fingerprint density at radius 2 is 2.33 bits per heavy atom. The number of ether oxygens (including phenoxy) is 1. The van der Waals surface area contributed by atoms with Gasteiger partial charge in [-0.1, -0.05) is 0 Å². The zero-order valence-electron chi connectivity index (χ0n) is 7.40. The maximum absolute atomic E-state index is 11.3. The largest absolute Gasteiger partial charge is 0.443 e. The molecule has 0 saturated heterocycles. The van der Waals surface area contributed by atoms with E-state index in [-0.39, 0.29) is 6.09 Å². The van der Waals surface area contributed by atoms with Crippen molar-refractivity contribution < 1.29 is 9.53 Å². The van der Waals surface area contributed by atoms with Crippen LogP contribution in [-0.2, 0) is 4.74 Å². The highest BCUT2D eigenvalue weighted by Crippen LogP contribution is 2.19. The minimum absolute atomic E-state index is 0.329. The number of amides is 1. The van der Waals surface area contributed by atoms with E-state index in [0.717, 1.165) is 12.1 Å². The normalized spacial score (nSPS) is 16.8. The van der Waals surface area contributed by atoms with Gasteiger partial charge in [0.1, 0.15) is 5.60 Å². The van der Waals surface area contributed by atoms with Gasteiger partial charge in [-0.05, 0) is 20.8 Å². The number of nitrogens with zero attached hydrogens (tertiary/aromatic N) is 2. The van der Waals surface area contributed by atoms with Crippen molar-refractivity contribution in [2.24, 2.45) is 4.40 Å². The molecule has 0 aliphatic carbocycles. The zero-order valence-corrected chi connectivity index (χ0v) is 8.22. The third kappa shape index (κ3) is 2.73. The Kier molecular flexibility index (Phi) is 2.62. The summed E-state index contributed by atoms with van der Waals surface area (Å²) in [6.07, 6.45) is 1.35. The van der Waals surface area contributed by atoms with Crippen LogP contribution in [0.3, 0.4) is 0 Å². The van der Waals surface area contributed by atoms with Gasteiger partial charge < -0.3 is 4.74 Å². The van der Waals surface area contributed by atoms with E-state index in [0.29, 0.717) is 6.54 Å². The molecule has 0 radical (unpaired) electrons. The molecule has 1 rings (SSSR count). The van der Waals surface area contributed by atoms with Crippen molar-refractivity contribution >= 4 is 24.4 Å². The van der Waals surface area contributed by atoms with Crippen LogP contribution in [0.2, 0.25) is 0 Å². The molecule has 1 aliphatic heterocycles. The van der Waals surface area contributed by atoms with Gasteiger partial charge in [-0.3, -0.25) is 0 Å². The summed E-state index contributed by atoms with van der Waals surface area (Å²) < 4.78 is 10.4. The van der Waals surface area contributed by atoms with Crippen molar-refractivity contribution in [3.63, 3.8) is 0 Å². The van der Waals surface area contributed by atoms with Crippen molar-refractivity contribution in [2.75, 3.05) is 6.54 Å². The number of hydrogen-bond acceptors (Lipinski definition) is 4. The van der Waals surface area contributed by atoms with Gasteiger partial charge >= 0.3 is 6.09 Å². The Morgan fingerprint density at radius 3 is 2.75 bits per heavy atom. The molecular formula is C7H12N2O2S. The van der Waals surface area contributed by atoms with E-state index in [1.54, 1.807) is 6.21 Å². The molecule has 0 spiro atoms. The molecule has 1 heterocycles. The van der Waals surface area contributed by atoms with Crippen LogP contribution in [0.15, 0.2) is 4.40 Å². The van der Waals surface area contributed by atoms with E-state index in [1.807, 2.05) is 20.8 Å². The first-order valence-electron chi connectivity index (χ1n) is 3.68. The first-order chi connectivity index (χ1) is 5.49. The second-order valence-electron chi connectivity index (χ2n) is 3.41. The maximum Gasteiger partial charge on any atom is 0.422 e. The predicted molar refractivity (Wildman–Crippen MR) is 49.0 cm³/mol. The fourth-order valence-electron chi connectivity index (χ4n) is 0.652. The van der Waals surface area contributed by atoms with Crippen LogP contribution in [0.5, 0.6) is 0 Å². The molecule has 0 atom stereocenters. The number of carbonyl (C=O) groups excluding carboxylic acids is 1. The van der Waals surface area contributed by atoms with E-state index < -0.39 is 5.60 Å². The van der Waals surface area contributed by atoms with Gasteiger partial charge in [-0.15, -0.1) is 0 Å². The molecule has 5 heteroatoms. The first-order valence-corrected chi connectivity index (χ1v) is 4.41. The van der Waals surface area contributed by atoms with Crippen molar-refractivity contribution in [1.29, 1.82) is 0 Å². The number of carbonyl (C=O) groups is 1. The average molecular weight is 188 g/mol. The smallest absolute Gasteiger partial charge is 0.422 e. The Labute approximate surface area is 76.2 Å². The minimum Gasteiger partial charge on any atom is -0.443 e. The molecule has 0 saturated carbocycles. The van der Waals surface area contributed by atoms with Crippen molar-refractivity contribution in [1.82, 2.24) is 4.31 Å². The third-order valence-electron chi connectivity index (χ3n) is 1.06. The van der Waals surface area contributed by atoms with E-state index in [1.165, 1.54) is 4.31 Å². The monoisotopic (exact) mass is 188 g/mol. The van der Waals surface area contributed by atoms with Crippen LogP contribution >= 0.6 is 12.1 Å². The summed E-state index contributed by atoms with van der Waals surface area (Å²) in [6, 6.07) is 0. The summed E-state index contributed by atoms with van der Waals surface area (Å²) in [5.74, 6) is 0. The summed E-state index contributed by atoms with van der Waals surface area (Å²) >= 11 is 1.12. The van der Waals surface area contributed by atoms with Gasteiger partial charge in [-0.2, -0.15) is 0 Å². The summed E-state index contributed by atoms with van der Waals surface area (Å²) in [7, 11) is 0. The Balaban J connectivity index is 2.39. The molecule has 0 aromatic carbocycles. The molecule has 0 bridgehead atoms. The van der Waals surface area contributed by atoms with E-state index in [2.05, 4.69) is 4.40 Å². The Hall–Kier alpha value is -0.710. The van der Waals surface area contributed by atoms with Gasteiger partial charge in [0.2, 0.25) is 0 Å². The van der Waals surface area contributed by atoms with Gasteiger partial charge in [0.15, 0.2) is 0 Å². The molecule has 0 N–H and O–H groups in total. The Morgan fingerprint density at radius 1 is 1.67 bits per heavy atom. The van der Waals surface area contributed by atoms with Gasteiger partial charge in [0.25, 0.3) is 0 Å². The fraction of sp³-hybridized carbons (Fsp3) is 0.714. The lowest BCUT2D eigenvalue weighted by molar-refractivity contribution is 0.0425. The van der Waals surface area contributed by atoms with Crippen LogP contribution in [0.4, 0.5) is 4.79 Å². The SMILES string of the molecule is CC(C)(C)OC(=O)N1CC=NS1. The van der Waals surface area contributed by atoms with Crippen LogP contribution in [-0.4, -0.2) is 28.8 Å². The quantitative estimate of drug-likeness (QED) is 0.545. The highest BCUT2D eigenvalue weighted by Gasteiger charge is 2.23. The lowest BCUT2D eigenvalue weighted by Crippen LogP contribution is -2.31. The van der Waals surface area contributed by atoms with Crippen molar-refractivity contribution in [3.8, 4) is 0 Å².